The van der Waals surface area contributed by atoms with E-state index in [1.54, 1.807) is 12.4 Å². The van der Waals surface area contributed by atoms with E-state index in [1.165, 1.54) is 0 Å². The summed E-state index contributed by atoms with van der Waals surface area (Å²) in [6.45, 7) is 0. The normalized spacial score (nSPS) is 12.6. The van der Waals surface area contributed by atoms with Crippen LogP contribution in [-0.4, -0.2) is 22.0 Å². The Morgan fingerprint density at radius 2 is 2.21 bits per heavy atom. The van der Waals surface area contributed by atoms with Gasteiger partial charge in [-0.05, 0) is 19.2 Å². The molecule has 2 aromatic heterocycles. The number of aromatic nitrogens is 3. The molecule has 14 heavy (non-hydrogen) atoms. The lowest BCUT2D eigenvalue weighted by atomic mass is 10.2. The van der Waals surface area contributed by atoms with Gasteiger partial charge in [0.1, 0.15) is 11.9 Å². The van der Waals surface area contributed by atoms with Crippen molar-refractivity contribution >= 4 is 0 Å². The van der Waals surface area contributed by atoms with Crippen LogP contribution in [0.3, 0.4) is 0 Å². The third kappa shape index (κ3) is 1.65. The minimum atomic E-state index is 0.0335. The predicted octanol–water partition coefficient (Wildman–Crippen LogP) is 1.11. The van der Waals surface area contributed by atoms with Crippen molar-refractivity contribution in [1.82, 2.24) is 20.3 Å². The van der Waals surface area contributed by atoms with Crippen LogP contribution in [0, 0.1) is 0 Å². The number of imidazole rings is 1. The van der Waals surface area contributed by atoms with Crippen LogP contribution < -0.4 is 5.32 Å². The molecule has 0 aromatic carbocycles. The van der Waals surface area contributed by atoms with E-state index in [2.05, 4.69) is 20.3 Å². The van der Waals surface area contributed by atoms with Gasteiger partial charge < -0.3 is 10.3 Å². The fraction of sp³-hybridized carbons (Fsp3) is 0.200. The molecular weight excluding hydrogens is 176 g/mol. The lowest BCUT2D eigenvalue weighted by Gasteiger charge is -2.12. The van der Waals surface area contributed by atoms with Gasteiger partial charge in [-0.2, -0.15) is 0 Å². The fourth-order valence-corrected chi connectivity index (χ4v) is 1.41. The molecule has 2 N–H and O–H groups in total. The van der Waals surface area contributed by atoms with Gasteiger partial charge in [0, 0.05) is 18.6 Å². The number of hydrogen-bond acceptors (Lipinski definition) is 3. The topological polar surface area (TPSA) is 53.6 Å². The zero-order chi connectivity index (χ0) is 9.80. The van der Waals surface area contributed by atoms with Crippen LogP contribution in [0.2, 0.25) is 0 Å². The standard InChI is InChI=1S/C10H12N4/c1-11-9(10-13-6-7-14-10)8-4-2-3-5-12-8/h2-7,9,11H,1H3,(H,13,14). The lowest BCUT2D eigenvalue weighted by molar-refractivity contribution is 0.637. The third-order valence-corrected chi connectivity index (χ3v) is 2.07. The minimum absolute atomic E-state index is 0.0335. The molecule has 2 aromatic rings. The van der Waals surface area contributed by atoms with Gasteiger partial charge in [-0.1, -0.05) is 6.07 Å². The molecule has 0 radical (unpaired) electrons. The van der Waals surface area contributed by atoms with Crippen molar-refractivity contribution in [3.05, 3.63) is 48.3 Å². The van der Waals surface area contributed by atoms with Gasteiger partial charge in [-0.15, -0.1) is 0 Å². The van der Waals surface area contributed by atoms with Gasteiger partial charge >= 0.3 is 0 Å². The summed E-state index contributed by atoms with van der Waals surface area (Å²) in [6.07, 6.45) is 5.33. The average molecular weight is 188 g/mol. The van der Waals surface area contributed by atoms with Crippen molar-refractivity contribution in [3.8, 4) is 0 Å². The molecule has 1 unspecified atom stereocenters. The Bertz CT molecular complexity index is 368. The van der Waals surface area contributed by atoms with Crippen molar-refractivity contribution in [2.75, 3.05) is 7.05 Å². The first-order chi connectivity index (χ1) is 6.92. The minimum Gasteiger partial charge on any atom is -0.347 e. The van der Waals surface area contributed by atoms with Crippen molar-refractivity contribution in [1.29, 1.82) is 0 Å². The summed E-state index contributed by atoms with van der Waals surface area (Å²) in [5, 5.41) is 3.16. The second-order valence-electron chi connectivity index (χ2n) is 2.95. The number of rotatable bonds is 3. The molecule has 0 saturated heterocycles. The van der Waals surface area contributed by atoms with Gasteiger partial charge in [0.2, 0.25) is 0 Å². The Kier molecular flexibility index (Phi) is 2.55. The van der Waals surface area contributed by atoms with Crippen molar-refractivity contribution in [2.24, 2.45) is 0 Å². The second-order valence-corrected chi connectivity index (χ2v) is 2.95. The first-order valence-electron chi connectivity index (χ1n) is 4.49. The fourth-order valence-electron chi connectivity index (χ4n) is 1.41. The Morgan fingerprint density at radius 3 is 2.79 bits per heavy atom. The molecule has 0 aliphatic rings. The summed E-state index contributed by atoms with van der Waals surface area (Å²) in [5.74, 6) is 0.881. The number of hydrogen-bond donors (Lipinski definition) is 2. The van der Waals surface area contributed by atoms with E-state index < -0.39 is 0 Å². The Labute approximate surface area is 82.4 Å². The molecule has 2 heterocycles. The number of H-pyrrole nitrogens is 1. The van der Waals surface area contributed by atoms with Gasteiger partial charge in [0.25, 0.3) is 0 Å². The van der Waals surface area contributed by atoms with E-state index in [0.717, 1.165) is 11.5 Å². The number of aromatic amines is 1. The average Bonchev–Trinajstić information content (AvgIpc) is 2.74. The van der Waals surface area contributed by atoms with E-state index in [-0.39, 0.29) is 6.04 Å². The molecule has 1 atom stereocenters. The van der Waals surface area contributed by atoms with Crippen molar-refractivity contribution in [3.63, 3.8) is 0 Å². The molecule has 0 aliphatic carbocycles. The molecule has 0 fully saturated rings. The van der Waals surface area contributed by atoms with Gasteiger partial charge in [-0.25, -0.2) is 4.98 Å². The largest absolute Gasteiger partial charge is 0.347 e. The highest BCUT2D eigenvalue weighted by molar-refractivity contribution is 5.16. The molecule has 0 bridgehead atoms. The number of pyridine rings is 1. The molecule has 72 valence electrons. The summed E-state index contributed by atoms with van der Waals surface area (Å²) in [4.78, 5) is 11.6. The Balaban J connectivity index is 2.31. The number of nitrogens with zero attached hydrogens (tertiary/aromatic N) is 2. The van der Waals surface area contributed by atoms with Crippen LogP contribution in [0.1, 0.15) is 17.6 Å². The quantitative estimate of drug-likeness (QED) is 0.758. The maximum Gasteiger partial charge on any atom is 0.129 e. The van der Waals surface area contributed by atoms with E-state index >= 15 is 0 Å². The molecule has 4 heteroatoms. The molecule has 0 amide bonds. The highest BCUT2D eigenvalue weighted by Crippen LogP contribution is 2.14. The van der Waals surface area contributed by atoms with E-state index in [0.29, 0.717) is 0 Å². The maximum absolute atomic E-state index is 4.28. The lowest BCUT2D eigenvalue weighted by Crippen LogP contribution is -2.19. The Morgan fingerprint density at radius 1 is 1.29 bits per heavy atom. The van der Waals surface area contributed by atoms with E-state index in [1.807, 2.05) is 31.4 Å². The molecule has 0 aliphatic heterocycles. The molecular formula is C10H12N4. The van der Waals surface area contributed by atoms with E-state index in [4.69, 9.17) is 0 Å². The monoisotopic (exact) mass is 188 g/mol. The first-order valence-corrected chi connectivity index (χ1v) is 4.49. The van der Waals surface area contributed by atoms with Gasteiger partial charge in [0.05, 0.1) is 5.69 Å². The van der Waals surface area contributed by atoms with Crippen molar-refractivity contribution < 1.29 is 0 Å². The van der Waals surface area contributed by atoms with Crippen molar-refractivity contribution in [2.45, 2.75) is 6.04 Å². The summed E-state index contributed by atoms with van der Waals surface area (Å²) in [6, 6.07) is 5.88. The molecule has 0 spiro atoms. The third-order valence-electron chi connectivity index (χ3n) is 2.07. The van der Waals surface area contributed by atoms with Crippen LogP contribution in [0.5, 0.6) is 0 Å². The van der Waals surface area contributed by atoms with Crippen LogP contribution in [0.15, 0.2) is 36.8 Å². The molecule has 0 saturated carbocycles. The SMILES string of the molecule is CNC(c1ccccn1)c1ncc[nH]1. The zero-order valence-corrected chi connectivity index (χ0v) is 7.94. The first kappa shape index (κ1) is 8.90. The van der Waals surface area contributed by atoms with Crippen LogP contribution in [0.4, 0.5) is 0 Å². The summed E-state index contributed by atoms with van der Waals surface area (Å²) in [7, 11) is 1.89. The van der Waals surface area contributed by atoms with Crippen LogP contribution >= 0.6 is 0 Å². The van der Waals surface area contributed by atoms with Gasteiger partial charge in [-0.3, -0.25) is 4.98 Å². The second kappa shape index (κ2) is 4.02. The smallest absolute Gasteiger partial charge is 0.129 e. The van der Waals surface area contributed by atoms with Crippen LogP contribution in [0.25, 0.3) is 0 Å². The highest BCUT2D eigenvalue weighted by atomic mass is 15.0. The highest BCUT2D eigenvalue weighted by Gasteiger charge is 2.14. The predicted molar refractivity (Wildman–Crippen MR) is 53.7 cm³/mol. The molecule has 4 nitrogen and oxygen atoms in total. The summed E-state index contributed by atoms with van der Waals surface area (Å²) < 4.78 is 0. The molecule has 2 rings (SSSR count). The summed E-state index contributed by atoms with van der Waals surface area (Å²) in [5.41, 5.74) is 0.963. The Hall–Kier alpha value is -1.68. The zero-order valence-electron chi connectivity index (χ0n) is 7.94. The van der Waals surface area contributed by atoms with Gasteiger partial charge in [0.15, 0.2) is 0 Å². The maximum atomic E-state index is 4.28. The summed E-state index contributed by atoms with van der Waals surface area (Å²) >= 11 is 0. The van der Waals surface area contributed by atoms with E-state index in [9.17, 15) is 0 Å². The number of nitrogens with one attached hydrogen (secondary N) is 2. The van der Waals surface area contributed by atoms with Crippen LogP contribution in [-0.2, 0) is 0 Å².